The molecule has 1 unspecified atom stereocenters. The van der Waals surface area contributed by atoms with Gasteiger partial charge in [-0.25, -0.2) is 14.6 Å². The van der Waals surface area contributed by atoms with Crippen molar-refractivity contribution in [3.05, 3.63) is 18.1 Å². The molecule has 0 saturated carbocycles. The SMILES string of the molecule is CC(C)(C)C(=O)NCCn1nc(C2CCNC2)c2nccnc21. The maximum atomic E-state index is 12.0. The Balaban J connectivity index is 1.77. The highest BCUT2D eigenvalue weighted by atomic mass is 16.2. The Labute approximate surface area is 135 Å². The summed E-state index contributed by atoms with van der Waals surface area (Å²) in [6.07, 6.45) is 4.47. The van der Waals surface area contributed by atoms with Crippen molar-refractivity contribution < 1.29 is 4.79 Å². The average molecular weight is 316 g/mol. The van der Waals surface area contributed by atoms with Crippen molar-refractivity contribution in [1.29, 1.82) is 0 Å². The summed E-state index contributed by atoms with van der Waals surface area (Å²) in [6.45, 7) is 8.79. The fraction of sp³-hybridized carbons (Fsp3) is 0.625. The van der Waals surface area contributed by atoms with Gasteiger partial charge in [0.2, 0.25) is 5.91 Å². The molecule has 0 aromatic carbocycles. The third kappa shape index (κ3) is 3.34. The Morgan fingerprint density at radius 3 is 2.87 bits per heavy atom. The Morgan fingerprint density at radius 1 is 1.39 bits per heavy atom. The molecule has 7 nitrogen and oxygen atoms in total. The monoisotopic (exact) mass is 316 g/mol. The zero-order chi connectivity index (χ0) is 16.4. The largest absolute Gasteiger partial charge is 0.354 e. The van der Waals surface area contributed by atoms with Crippen LogP contribution in [0.3, 0.4) is 0 Å². The molecule has 0 radical (unpaired) electrons. The molecule has 0 bridgehead atoms. The number of carbonyl (C=O) groups excluding carboxylic acids is 1. The summed E-state index contributed by atoms with van der Waals surface area (Å²) in [6, 6.07) is 0. The first-order valence-corrected chi connectivity index (χ1v) is 8.13. The number of amides is 1. The van der Waals surface area contributed by atoms with Crippen LogP contribution in [0.15, 0.2) is 12.4 Å². The van der Waals surface area contributed by atoms with Crippen molar-refractivity contribution in [1.82, 2.24) is 30.4 Å². The van der Waals surface area contributed by atoms with Crippen molar-refractivity contribution in [2.75, 3.05) is 19.6 Å². The highest BCUT2D eigenvalue weighted by Gasteiger charge is 2.25. The summed E-state index contributed by atoms with van der Waals surface area (Å²) in [4.78, 5) is 20.8. The summed E-state index contributed by atoms with van der Waals surface area (Å²) in [5, 5.41) is 11.1. The lowest BCUT2D eigenvalue weighted by atomic mass is 9.96. The summed E-state index contributed by atoms with van der Waals surface area (Å²) in [5.41, 5.74) is 2.30. The van der Waals surface area contributed by atoms with Gasteiger partial charge in [-0.3, -0.25) is 4.79 Å². The van der Waals surface area contributed by atoms with Gasteiger partial charge in [-0.15, -0.1) is 0 Å². The lowest BCUT2D eigenvalue weighted by molar-refractivity contribution is -0.128. The van der Waals surface area contributed by atoms with Crippen LogP contribution in [0.25, 0.3) is 11.2 Å². The Morgan fingerprint density at radius 2 is 2.17 bits per heavy atom. The summed E-state index contributed by atoms with van der Waals surface area (Å²) >= 11 is 0. The molecule has 1 atom stereocenters. The molecule has 3 rings (SSSR count). The fourth-order valence-corrected chi connectivity index (χ4v) is 2.78. The third-order valence-electron chi connectivity index (χ3n) is 4.13. The zero-order valence-corrected chi connectivity index (χ0v) is 14.0. The second kappa shape index (κ2) is 6.23. The molecule has 2 aromatic rings. The highest BCUT2D eigenvalue weighted by Crippen LogP contribution is 2.26. The molecule has 1 aliphatic heterocycles. The number of nitrogens with one attached hydrogen (secondary N) is 2. The Kier molecular flexibility index (Phi) is 4.30. The van der Waals surface area contributed by atoms with Crippen molar-refractivity contribution in [3.8, 4) is 0 Å². The average Bonchev–Trinajstić information content (AvgIpc) is 3.14. The zero-order valence-electron chi connectivity index (χ0n) is 14.0. The van der Waals surface area contributed by atoms with Gasteiger partial charge in [0.1, 0.15) is 5.52 Å². The molecule has 124 valence electrons. The minimum atomic E-state index is -0.382. The van der Waals surface area contributed by atoms with Gasteiger partial charge in [0, 0.05) is 36.8 Å². The van der Waals surface area contributed by atoms with Crippen LogP contribution in [0, 0.1) is 5.41 Å². The summed E-state index contributed by atoms with van der Waals surface area (Å²) in [7, 11) is 0. The van der Waals surface area contributed by atoms with Crippen LogP contribution in [0.4, 0.5) is 0 Å². The van der Waals surface area contributed by atoms with Crippen molar-refractivity contribution in [2.24, 2.45) is 5.41 Å². The lowest BCUT2D eigenvalue weighted by Crippen LogP contribution is -2.36. The molecule has 1 saturated heterocycles. The van der Waals surface area contributed by atoms with E-state index in [4.69, 9.17) is 5.10 Å². The first kappa shape index (κ1) is 15.9. The van der Waals surface area contributed by atoms with Crippen molar-refractivity contribution in [3.63, 3.8) is 0 Å². The van der Waals surface area contributed by atoms with E-state index in [1.54, 1.807) is 12.4 Å². The maximum absolute atomic E-state index is 12.0. The van der Waals surface area contributed by atoms with Gasteiger partial charge in [-0.2, -0.15) is 5.10 Å². The standard InChI is InChI=1S/C16H24N6O/c1-16(2,3)15(23)20-8-9-22-14-13(18-6-7-19-14)12(21-22)11-4-5-17-10-11/h6-7,11,17H,4-5,8-10H2,1-3H3,(H,20,23). The van der Waals surface area contributed by atoms with Crippen LogP contribution in [-0.2, 0) is 11.3 Å². The molecule has 1 aliphatic rings. The molecule has 0 spiro atoms. The van der Waals surface area contributed by atoms with Crippen LogP contribution in [0.5, 0.6) is 0 Å². The summed E-state index contributed by atoms with van der Waals surface area (Å²) in [5.74, 6) is 0.430. The van der Waals surface area contributed by atoms with Crippen LogP contribution in [0.1, 0.15) is 38.8 Å². The number of hydrogen-bond donors (Lipinski definition) is 2. The van der Waals surface area contributed by atoms with E-state index in [1.165, 1.54) is 0 Å². The quantitative estimate of drug-likeness (QED) is 0.881. The number of rotatable bonds is 4. The number of hydrogen-bond acceptors (Lipinski definition) is 5. The van der Waals surface area contributed by atoms with Gasteiger partial charge in [0.05, 0.1) is 12.2 Å². The Hall–Kier alpha value is -2.02. The smallest absolute Gasteiger partial charge is 0.225 e. The molecule has 1 fully saturated rings. The Bertz CT molecular complexity index is 696. The van der Waals surface area contributed by atoms with Crippen molar-refractivity contribution in [2.45, 2.75) is 39.7 Å². The molecule has 2 aromatic heterocycles. The second-order valence-corrected chi connectivity index (χ2v) is 7.03. The summed E-state index contributed by atoms with van der Waals surface area (Å²) < 4.78 is 1.86. The van der Waals surface area contributed by atoms with Gasteiger partial charge in [-0.1, -0.05) is 20.8 Å². The predicted octanol–water partition coefficient (Wildman–Crippen LogP) is 1.07. The fourth-order valence-electron chi connectivity index (χ4n) is 2.78. The lowest BCUT2D eigenvalue weighted by Gasteiger charge is -2.17. The molecule has 1 amide bonds. The normalized spacial score (nSPS) is 18.5. The van der Waals surface area contributed by atoms with E-state index in [2.05, 4.69) is 20.6 Å². The minimum absolute atomic E-state index is 0.0419. The molecule has 3 heterocycles. The number of fused-ring (bicyclic) bond motifs is 1. The number of nitrogens with zero attached hydrogens (tertiary/aromatic N) is 4. The van der Waals surface area contributed by atoms with Gasteiger partial charge in [0.25, 0.3) is 0 Å². The van der Waals surface area contributed by atoms with E-state index in [0.717, 1.165) is 36.4 Å². The number of carbonyl (C=O) groups is 1. The van der Waals surface area contributed by atoms with Gasteiger partial charge in [0.15, 0.2) is 5.65 Å². The van der Waals surface area contributed by atoms with E-state index < -0.39 is 0 Å². The molecular formula is C16H24N6O. The van der Waals surface area contributed by atoms with Crippen LogP contribution < -0.4 is 10.6 Å². The predicted molar refractivity (Wildman–Crippen MR) is 88.0 cm³/mol. The molecule has 23 heavy (non-hydrogen) atoms. The topological polar surface area (TPSA) is 84.7 Å². The van der Waals surface area contributed by atoms with E-state index >= 15 is 0 Å². The van der Waals surface area contributed by atoms with Gasteiger partial charge < -0.3 is 10.6 Å². The van der Waals surface area contributed by atoms with Gasteiger partial charge in [-0.05, 0) is 13.0 Å². The molecule has 0 aliphatic carbocycles. The highest BCUT2D eigenvalue weighted by molar-refractivity contribution is 5.81. The second-order valence-electron chi connectivity index (χ2n) is 7.03. The van der Waals surface area contributed by atoms with Crippen LogP contribution >= 0.6 is 0 Å². The first-order chi connectivity index (χ1) is 11.0. The third-order valence-corrected chi connectivity index (χ3v) is 4.13. The van der Waals surface area contributed by atoms with Gasteiger partial charge >= 0.3 is 0 Å². The molecule has 7 heteroatoms. The first-order valence-electron chi connectivity index (χ1n) is 8.13. The minimum Gasteiger partial charge on any atom is -0.354 e. The molecule has 2 N–H and O–H groups in total. The van der Waals surface area contributed by atoms with Crippen molar-refractivity contribution >= 4 is 17.1 Å². The maximum Gasteiger partial charge on any atom is 0.225 e. The molecular weight excluding hydrogens is 292 g/mol. The van der Waals surface area contributed by atoms with E-state index in [9.17, 15) is 4.79 Å². The van der Waals surface area contributed by atoms with Crippen LogP contribution in [-0.4, -0.2) is 45.3 Å². The van der Waals surface area contributed by atoms with E-state index in [-0.39, 0.29) is 11.3 Å². The van der Waals surface area contributed by atoms with Crippen LogP contribution in [0.2, 0.25) is 0 Å². The number of aromatic nitrogens is 4. The van der Waals surface area contributed by atoms with E-state index in [0.29, 0.717) is 19.0 Å². The van der Waals surface area contributed by atoms with E-state index in [1.807, 2.05) is 25.5 Å².